The Morgan fingerprint density at radius 1 is 1.29 bits per heavy atom. The Hall–Kier alpha value is -0.770. The van der Waals surface area contributed by atoms with Crippen LogP contribution in [0.3, 0.4) is 0 Å². The van der Waals surface area contributed by atoms with Gasteiger partial charge in [0.05, 0.1) is 6.04 Å². The van der Waals surface area contributed by atoms with Gasteiger partial charge in [-0.2, -0.15) is 0 Å². The minimum absolute atomic E-state index is 0.126. The number of furan rings is 1. The number of rotatable bonds is 4. The molecule has 1 atom stereocenters. The van der Waals surface area contributed by atoms with Crippen molar-refractivity contribution in [1.82, 2.24) is 5.32 Å². The fraction of sp³-hybridized carbons (Fsp3) is 0.231. The number of nitrogens with one attached hydrogen (secondary N) is 1. The van der Waals surface area contributed by atoms with Crippen LogP contribution in [0.4, 0.5) is 0 Å². The van der Waals surface area contributed by atoms with Crippen LogP contribution < -0.4 is 5.32 Å². The monoisotopic (exact) mass is 313 g/mol. The van der Waals surface area contributed by atoms with Crippen molar-refractivity contribution in [2.45, 2.75) is 12.5 Å². The van der Waals surface area contributed by atoms with Gasteiger partial charge in [0, 0.05) is 5.02 Å². The number of benzene rings is 1. The van der Waals surface area contributed by atoms with Gasteiger partial charge in [0.15, 0.2) is 4.67 Å². The van der Waals surface area contributed by atoms with Gasteiger partial charge >= 0.3 is 0 Å². The maximum Gasteiger partial charge on any atom is 0.169 e. The van der Waals surface area contributed by atoms with E-state index in [-0.39, 0.29) is 6.04 Å². The molecule has 0 amide bonds. The van der Waals surface area contributed by atoms with E-state index >= 15 is 0 Å². The Morgan fingerprint density at radius 2 is 2.06 bits per heavy atom. The van der Waals surface area contributed by atoms with Gasteiger partial charge in [-0.3, -0.25) is 0 Å². The Bertz CT molecular complexity index is 498. The smallest absolute Gasteiger partial charge is 0.169 e. The van der Waals surface area contributed by atoms with E-state index in [0.717, 1.165) is 27.4 Å². The summed E-state index contributed by atoms with van der Waals surface area (Å²) in [4.78, 5) is 0. The van der Waals surface area contributed by atoms with Gasteiger partial charge in [0.2, 0.25) is 0 Å². The minimum atomic E-state index is 0.126. The Balaban J connectivity index is 2.18. The van der Waals surface area contributed by atoms with Gasteiger partial charge in [-0.1, -0.05) is 29.8 Å². The molecule has 0 aliphatic rings. The molecule has 0 fully saturated rings. The first-order valence-electron chi connectivity index (χ1n) is 5.36. The van der Waals surface area contributed by atoms with Gasteiger partial charge in [-0.15, -0.1) is 0 Å². The maximum atomic E-state index is 6.15. The van der Waals surface area contributed by atoms with E-state index in [2.05, 4.69) is 21.2 Å². The second kappa shape index (κ2) is 5.71. The minimum Gasteiger partial charge on any atom is -0.453 e. The zero-order valence-corrected chi connectivity index (χ0v) is 11.8. The molecule has 4 heteroatoms. The summed E-state index contributed by atoms with van der Waals surface area (Å²) in [6.07, 6.45) is 0.802. The average Bonchev–Trinajstić information content (AvgIpc) is 2.75. The molecule has 0 saturated carbocycles. The largest absolute Gasteiger partial charge is 0.453 e. The number of halogens is 2. The van der Waals surface area contributed by atoms with E-state index in [9.17, 15) is 0 Å². The molecule has 1 N–H and O–H groups in total. The molecule has 1 aromatic heterocycles. The molecule has 0 spiro atoms. The summed E-state index contributed by atoms with van der Waals surface area (Å²) >= 11 is 9.46. The molecule has 0 radical (unpaired) electrons. The fourth-order valence-electron chi connectivity index (χ4n) is 1.74. The number of hydrogen-bond donors (Lipinski definition) is 1. The van der Waals surface area contributed by atoms with Crippen LogP contribution in [0.2, 0.25) is 5.02 Å². The van der Waals surface area contributed by atoms with Gasteiger partial charge in [0.25, 0.3) is 0 Å². The molecule has 0 aliphatic carbocycles. The topological polar surface area (TPSA) is 25.2 Å². The highest BCUT2D eigenvalue weighted by Crippen LogP contribution is 2.26. The summed E-state index contributed by atoms with van der Waals surface area (Å²) in [6, 6.07) is 11.8. The highest BCUT2D eigenvalue weighted by molar-refractivity contribution is 9.10. The van der Waals surface area contributed by atoms with Crippen molar-refractivity contribution in [3.63, 3.8) is 0 Å². The molecule has 0 bridgehead atoms. The van der Waals surface area contributed by atoms with E-state index in [1.807, 2.05) is 43.4 Å². The number of likely N-dealkylation sites (N-methyl/N-ethyl adjacent to an activating group) is 1. The molecule has 2 nitrogen and oxygen atoms in total. The summed E-state index contributed by atoms with van der Waals surface area (Å²) in [5, 5.41) is 4.02. The zero-order chi connectivity index (χ0) is 12.3. The Kier molecular flexibility index (Phi) is 4.26. The van der Waals surface area contributed by atoms with Crippen molar-refractivity contribution in [2.24, 2.45) is 0 Å². The van der Waals surface area contributed by atoms with Crippen LogP contribution in [0.5, 0.6) is 0 Å². The highest BCUT2D eigenvalue weighted by Gasteiger charge is 2.15. The lowest BCUT2D eigenvalue weighted by molar-refractivity contribution is 0.417. The van der Waals surface area contributed by atoms with Crippen LogP contribution in [-0.2, 0) is 6.42 Å². The lowest BCUT2D eigenvalue weighted by Gasteiger charge is -2.14. The lowest BCUT2D eigenvalue weighted by Crippen LogP contribution is -2.18. The van der Waals surface area contributed by atoms with Crippen LogP contribution in [0, 0.1) is 0 Å². The molecule has 1 aromatic carbocycles. The molecule has 2 aromatic rings. The van der Waals surface area contributed by atoms with E-state index in [1.54, 1.807) is 0 Å². The van der Waals surface area contributed by atoms with Gasteiger partial charge in [0.1, 0.15) is 5.76 Å². The molecule has 17 heavy (non-hydrogen) atoms. The molecular weight excluding hydrogens is 302 g/mol. The summed E-state index contributed by atoms with van der Waals surface area (Å²) in [6.45, 7) is 0. The van der Waals surface area contributed by atoms with Crippen molar-refractivity contribution in [3.05, 3.63) is 57.4 Å². The fourth-order valence-corrected chi connectivity index (χ4v) is 2.28. The van der Waals surface area contributed by atoms with Crippen molar-refractivity contribution in [2.75, 3.05) is 7.05 Å². The SMILES string of the molecule is CNC(Cc1ccccc1Cl)c1ccc(Br)o1. The lowest BCUT2D eigenvalue weighted by atomic mass is 10.0. The van der Waals surface area contributed by atoms with Gasteiger partial charge in [-0.25, -0.2) is 0 Å². The van der Waals surface area contributed by atoms with Crippen molar-refractivity contribution >= 4 is 27.5 Å². The Labute approximate surface area is 114 Å². The van der Waals surface area contributed by atoms with Crippen molar-refractivity contribution in [3.8, 4) is 0 Å². The van der Waals surface area contributed by atoms with Crippen LogP contribution in [-0.4, -0.2) is 7.05 Å². The van der Waals surface area contributed by atoms with E-state index in [1.165, 1.54) is 0 Å². The standard InChI is InChI=1S/C13H13BrClNO/c1-16-11(12-6-7-13(14)17-12)8-9-4-2-3-5-10(9)15/h2-7,11,16H,8H2,1H3. The normalized spacial score (nSPS) is 12.6. The van der Waals surface area contributed by atoms with Crippen molar-refractivity contribution in [1.29, 1.82) is 0 Å². The molecule has 1 unspecified atom stereocenters. The third-order valence-corrected chi connectivity index (χ3v) is 3.46. The van der Waals surface area contributed by atoms with E-state index < -0.39 is 0 Å². The molecule has 0 aliphatic heterocycles. The van der Waals surface area contributed by atoms with E-state index in [4.69, 9.17) is 16.0 Å². The first-order chi connectivity index (χ1) is 8.20. The Morgan fingerprint density at radius 3 is 2.65 bits per heavy atom. The van der Waals surface area contributed by atoms with Crippen LogP contribution in [0.1, 0.15) is 17.4 Å². The first kappa shape index (κ1) is 12.7. The highest BCUT2D eigenvalue weighted by atomic mass is 79.9. The second-order valence-electron chi connectivity index (χ2n) is 3.78. The summed E-state index contributed by atoms with van der Waals surface area (Å²) in [5.74, 6) is 0.902. The predicted molar refractivity (Wildman–Crippen MR) is 73.4 cm³/mol. The molecule has 0 saturated heterocycles. The second-order valence-corrected chi connectivity index (χ2v) is 4.97. The van der Waals surface area contributed by atoms with Crippen LogP contribution >= 0.6 is 27.5 Å². The van der Waals surface area contributed by atoms with Gasteiger partial charge in [-0.05, 0) is 53.2 Å². The van der Waals surface area contributed by atoms with Crippen molar-refractivity contribution < 1.29 is 4.42 Å². The quantitative estimate of drug-likeness (QED) is 0.915. The van der Waals surface area contributed by atoms with E-state index in [0.29, 0.717) is 0 Å². The third-order valence-electron chi connectivity index (χ3n) is 2.67. The predicted octanol–water partition coefficient (Wildman–Crippen LogP) is 4.20. The summed E-state index contributed by atoms with van der Waals surface area (Å²) in [5.41, 5.74) is 1.11. The van der Waals surface area contributed by atoms with Crippen LogP contribution in [0.25, 0.3) is 0 Å². The molecule has 90 valence electrons. The first-order valence-corrected chi connectivity index (χ1v) is 6.53. The molecule has 2 rings (SSSR count). The van der Waals surface area contributed by atoms with Gasteiger partial charge < -0.3 is 9.73 Å². The molecule has 1 heterocycles. The third kappa shape index (κ3) is 3.12. The summed E-state index contributed by atoms with van der Waals surface area (Å²) in [7, 11) is 1.91. The molecular formula is C13H13BrClNO. The summed E-state index contributed by atoms with van der Waals surface area (Å²) < 4.78 is 6.30. The zero-order valence-electron chi connectivity index (χ0n) is 9.41. The maximum absolute atomic E-state index is 6.15. The average molecular weight is 315 g/mol. The van der Waals surface area contributed by atoms with Crippen LogP contribution in [0.15, 0.2) is 45.5 Å². The number of hydrogen-bond acceptors (Lipinski definition) is 2.